The molecule has 0 bridgehead atoms. The number of hydrogen-bond donors (Lipinski definition) is 5. The molecule has 0 fully saturated rings. The van der Waals surface area contributed by atoms with Crippen LogP contribution >= 0.6 is 0 Å². The molecule has 0 spiro atoms. The van der Waals surface area contributed by atoms with Gasteiger partial charge in [0.25, 0.3) is 0 Å². The fraction of sp³-hybridized carbons (Fsp3) is 0.424. The molecule has 6 N–H and O–H groups in total. The molecule has 8 nitrogen and oxygen atoms in total. The molecule has 0 saturated heterocycles. The summed E-state index contributed by atoms with van der Waals surface area (Å²) < 4.78 is 7.95. The van der Waals surface area contributed by atoms with Crippen LogP contribution in [-0.2, 0) is 30.8 Å². The van der Waals surface area contributed by atoms with Gasteiger partial charge in [0.05, 0.1) is 17.8 Å². The van der Waals surface area contributed by atoms with Crippen LogP contribution in [0.15, 0.2) is 55.0 Å². The second-order valence-corrected chi connectivity index (χ2v) is 11.2. The second kappa shape index (κ2) is 13.4. The number of fused-ring (bicyclic) bond motifs is 2. The predicted octanol–water partition coefficient (Wildman–Crippen LogP) is 5.24. The molecule has 41 heavy (non-hydrogen) atoms. The third kappa shape index (κ3) is 7.19. The number of hydrogen-bond acceptors (Lipinski definition) is 6. The number of nitrogens with two attached hydrogens (primary N) is 1. The summed E-state index contributed by atoms with van der Waals surface area (Å²) in [5.41, 5.74) is 13.2. The van der Waals surface area contributed by atoms with E-state index in [9.17, 15) is 15.0 Å². The van der Waals surface area contributed by atoms with E-state index in [2.05, 4.69) is 47.8 Å². The van der Waals surface area contributed by atoms with Gasteiger partial charge < -0.3 is 30.2 Å². The number of aromatic amines is 1. The van der Waals surface area contributed by atoms with E-state index in [1.807, 2.05) is 16.8 Å². The van der Waals surface area contributed by atoms with Crippen molar-refractivity contribution in [3.8, 4) is 11.5 Å². The lowest BCUT2D eigenvalue weighted by Crippen LogP contribution is -2.35. The number of H-pyrrole nitrogens is 1. The number of rotatable bonds is 14. The van der Waals surface area contributed by atoms with Crippen molar-refractivity contribution in [2.45, 2.75) is 83.7 Å². The number of carbonyl (C=O) groups excluding carboxylic acids is 1. The zero-order valence-electron chi connectivity index (χ0n) is 23.9. The second-order valence-electron chi connectivity index (χ2n) is 11.2. The van der Waals surface area contributed by atoms with Gasteiger partial charge in [-0.05, 0) is 65.6 Å². The highest BCUT2D eigenvalue weighted by molar-refractivity contribution is 5.83. The van der Waals surface area contributed by atoms with Crippen molar-refractivity contribution in [2.24, 2.45) is 5.73 Å². The summed E-state index contributed by atoms with van der Waals surface area (Å²) in [5.74, 6) is 0.498. The van der Waals surface area contributed by atoms with Crippen molar-refractivity contribution in [2.75, 3.05) is 6.54 Å². The molecule has 4 aromatic rings. The summed E-state index contributed by atoms with van der Waals surface area (Å²) in [5, 5.41) is 25.0. The Labute approximate surface area is 241 Å². The predicted molar refractivity (Wildman–Crippen MR) is 161 cm³/mol. The molecule has 0 aliphatic carbocycles. The van der Waals surface area contributed by atoms with Crippen LogP contribution in [0.1, 0.15) is 79.4 Å². The van der Waals surface area contributed by atoms with Gasteiger partial charge in [0.15, 0.2) is 18.2 Å². The largest absolute Gasteiger partial charge is 0.504 e. The number of ether oxygens (including phenoxy) is 1. The van der Waals surface area contributed by atoms with Crippen LogP contribution < -0.4 is 15.8 Å². The molecule has 2 aromatic heterocycles. The number of ketones is 1. The van der Waals surface area contributed by atoms with Gasteiger partial charge in [0.1, 0.15) is 5.78 Å². The summed E-state index contributed by atoms with van der Waals surface area (Å²) in [6.45, 7) is 3.24. The summed E-state index contributed by atoms with van der Waals surface area (Å²) >= 11 is 0. The Hall–Kier alpha value is -3.59. The molecule has 1 aliphatic rings. The number of Topliss-reactive ketones (excluding diaryl/α,β-unsaturated/α-hetero) is 1. The average Bonchev–Trinajstić information content (AvgIpc) is 3.54. The van der Waals surface area contributed by atoms with Gasteiger partial charge in [-0.1, -0.05) is 50.5 Å². The molecule has 0 radical (unpaired) electrons. The van der Waals surface area contributed by atoms with Crippen molar-refractivity contribution in [3.63, 3.8) is 0 Å². The maximum Gasteiger partial charge on any atom is 0.165 e. The highest BCUT2D eigenvalue weighted by Gasteiger charge is 2.19. The van der Waals surface area contributed by atoms with E-state index in [1.54, 1.807) is 12.1 Å². The van der Waals surface area contributed by atoms with Crippen LogP contribution in [0, 0.1) is 0 Å². The van der Waals surface area contributed by atoms with Gasteiger partial charge in [0.2, 0.25) is 0 Å². The Bertz CT molecular complexity index is 1470. The van der Waals surface area contributed by atoms with Crippen LogP contribution in [-0.4, -0.2) is 38.2 Å². The summed E-state index contributed by atoms with van der Waals surface area (Å²) in [4.78, 5) is 15.7. The lowest BCUT2D eigenvalue weighted by atomic mass is 9.90. The summed E-state index contributed by atoms with van der Waals surface area (Å²) in [6.07, 6.45) is 12.1. The Balaban J connectivity index is 1.19. The van der Waals surface area contributed by atoms with Gasteiger partial charge in [0, 0.05) is 43.4 Å². The fourth-order valence-electron chi connectivity index (χ4n) is 5.78. The number of aliphatic hydroxyl groups is 1. The van der Waals surface area contributed by atoms with Crippen LogP contribution in [0.5, 0.6) is 11.5 Å². The van der Waals surface area contributed by atoms with Crippen molar-refractivity contribution < 1.29 is 19.7 Å². The molecule has 5 rings (SSSR count). The first-order valence-corrected chi connectivity index (χ1v) is 14.8. The number of aryl methyl sites for hydroxylation is 1. The van der Waals surface area contributed by atoms with Gasteiger partial charge in [-0.25, -0.2) is 0 Å². The molecule has 8 heteroatoms. The van der Waals surface area contributed by atoms with E-state index in [0.717, 1.165) is 55.1 Å². The molecule has 218 valence electrons. The van der Waals surface area contributed by atoms with E-state index in [0.29, 0.717) is 25.0 Å². The van der Waals surface area contributed by atoms with E-state index < -0.39 is 6.10 Å². The first-order chi connectivity index (χ1) is 19.9. The van der Waals surface area contributed by atoms with Crippen molar-refractivity contribution in [3.05, 3.63) is 82.8 Å². The van der Waals surface area contributed by atoms with E-state index in [-0.39, 0.29) is 30.9 Å². The number of phenols is 1. The van der Waals surface area contributed by atoms with Crippen molar-refractivity contribution >= 4 is 16.7 Å². The first kappa shape index (κ1) is 28.9. The molecule has 0 amide bonds. The van der Waals surface area contributed by atoms with Gasteiger partial charge in [-0.3, -0.25) is 10.1 Å². The molecular weight excluding hydrogens is 516 g/mol. The fourth-order valence-corrected chi connectivity index (χ4v) is 5.78. The first-order valence-electron chi connectivity index (χ1n) is 14.8. The number of nitrogens with one attached hydrogen (secondary N) is 2. The lowest BCUT2D eigenvalue weighted by Gasteiger charge is -2.25. The number of benzene rings is 2. The number of aliphatic hydroxyl groups excluding tert-OH is 1. The highest BCUT2D eigenvalue weighted by Crippen LogP contribution is 2.30. The maximum atomic E-state index is 12.4. The lowest BCUT2D eigenvalue weighted by molar-refractivity contribution is -0.121. The maximum absolute atomic E-state index is 12.4. The molecule has 3 heterocycles. The molecule has 2 aromatic carbocycles. The summed E-state index contributed by atoms with van der Waals surface area (Å²) in [7, 11) is 0. The molecule has 0 saturated carbocycles. The minimum absolute atomic E-state index is 0.0540. The monoisotopic (exact) mass is 558 g/mol. The van der Waals surface area contributed by atoms with Crippen LogP contribution in [0.3, 0.4) is 0 Å². The van der Waals surface area contributed by atoms with E-state index in [1.165, 1.54) is 22.3 Å². The number of nitrogens with zero attached hydrogens (tertiary/aromatic N) is 1. The number of aromatic nitrogens is 2. The average molecular weight is 559 g/mol. The minimum atomic E-state index is -0.561. The molecule has 2 atom stereocenters. The Morgan fingerprint density at radius 1 is 1.20 bits per heavy atom. The summed E-state index contributed by atoms with van der Waals surface area (Å²) in [6, 6.07) is 11.6. The number of phenolic OH excluding ortho intramolecular Hbond substituents is 1. The van der Waals surface area contributed by atoms with Crippen molar-refractivity contribution in [1.82, 2.24) is 14.9 Å². The molecular formula is C33H42N4O4. The van der Waals surface area contributed by atoms with Crippen molar-refractivity contribution in [1.29, 1.82) is 0 Å². The van der Waals surface area contributed by atoms with Crippen LogP contribution in [0.2, 0.25) is 0 Å². The Kier molecular flexibility index (Phi) is 9.44. The quantitative estimate of drug-likeness (QED) is 0.135. The third-order valence-electron chi connectivity index (χ3n) is 8.08. The zero-order valence-corrected chi connectivity index (χ0v) is 23.9. The smallest absolute Gasteiger partial charge is 0.165 e. The highest BCUT2D eigenvalue weighted by atomic mass is 16.5. The normalized spacial score (nSPS) is 15.6. The third-order valence-corrected chi connectivity index (χ3v) is 8.08. The Morgan fingerprint density at radius 3 is 2.93 bits per heavy atom. The Morgan fingerprint density at radius 2 is 2.07 bits per heavy atom. The van der Waals surface area contributed by atoms with E-state index >= 15 is 0 Å². The molecule has 2 unspecified atom stereocenters. The van der Waals surface area contributed by atoms with Gasteiger partial charge in [-0.2, -0.15) is 0 Å². The zero-order chi connectivity index (χ0) is 28.8. The van der Waals surface area contributed by atoms with Crippen LogP contribution in [0.4, 0.5) is 0 Å². The topological polar surface area (TPSA) is 126 Å². The number of unbranched alkanes of at least 4 members (excludes halogenated alkanes) is 2. The SMILES string of the molecule is CCCCCC(O)CC(=O)CCc1ccc(O)c(OCn2cc3[nH]cc(Cc4cccc5c4CCNC5N)c3c2)c1. The standard InChI is InChI=1S/C33H42N4O4/c1-2-3-4-7-25(38)17-26(39)11-9-22-10-12-31(40)32(15-22)41-21-37-19-29-24(18-36-30(29)20-37)16-23-6-5-8-28-27(23)13-14-35-33(28)34/h5-6,8,10,12,15,18-20,25,33,35-36,38,40H,2-4,7,9,11,13-14,16-17,21,34H2,1H3. The van der Waals surface area contributed by atoms with Crippen LogP contribution in [0.25, 0.3) is 10.9 Å². The minimum Gasteiger partial charge on any atom is -0.504 e. The molecule has 1 aliphatic heterocycles. The van der Waals surface area contributed by atoms with Gasteiger partial charge in [-0.15, -0.1) is 0 Å². The van der Waals surface area contributed by atoms with E-state index in [4.69, 9.17) is 10.5 Å². The number of carbonyl (C=O) groups is 1. The number of aromatic hydroxyl groups is 1. The van der Waals surface area contributed by atoms with Gasteiger partial charge >= 0.3 is 0 Å².